The minimum atomic E-state index is -0.793. The summed E-state index contributed by atoms with van der Waals surface area (Å²) in [5.74, 6) is 0.340. The summed E-state index contributed by atoms with van der Waals surface area (Å²) in [6.07, 6.45) is 0. The number of benzene rings is 3. The summed E-state index contributed by atoms with van der Waals surface area (Å²) in [5.41, 5.74) is 1.69. The van der Waals surface area contributed by atoms with E-state index in [0.717, 1.165) is 22.6 Å². The SMILES string of the molecule is COCC(C)(C)c1c(F)cc(N(Cc2ccc(OC)cc2)Cc2ccc(OC)cc2)cc1F. The third-order valence-corrected chi connectivity index (χ3v) is 5.64. The van der Waals surface area contributed by atoms with E-state index in [1.807, 2.05) is 53.4 Å². The summed E-state index contributed by atoms with van der Waals surface area (Å²) in [6.45, 7) is 4.68. The lowest BCUT2D eigenvalue weighted by atomic mass is 9.84. The van der Waals surface area contributed by atoms with Gasteiger partial charge >= 0.3 is 0 Å². The Balaban J connectivity index is 1.98. The first-order valence-corrected chi connectivity index (χ1v) is 10.8. The van der Waals surface area contributed by atoms with Crippen molar-refractivity contribution in [2.75, 3.05) is 32.8 Å². The number of halogens is 2. The standard InChI is InChI=1S/C27H31F2NO3/c1-27(2,18-31-3)26-24(28)14-21(15-25(26)29)30(16-19-6-10-22(32-4)11-7-19)17-20-8-12-23(33-5)13-9-20/h6-15H,16-18H2,1-5H3. The van der Waals surface area contributed by atoms with Gasteiger partial charge in [0.05, 0.1) is 20.8 Å². The lowest BCUT2D eigenvalue weighted by molar-refractivity contribution is 0.142. The fraction of sp³-hybridized carbons (Fsp3) is 0.333. The maximum absolute atomic E-state index is 15.2. The van der Waals surface area contributed by atoms with Crippen LogP contribution < -0.4 is 14.4 Å². The molecule has 0 fully saturated rings. The summed E-state index contributed by atoms with van der Waals surface area (Å²) < 4.78 is 46.1. The highest BCUT2D eigenvalue weighted by Crippen LogP contribution is 2.33. The van der Waals surface area contributed by atoms with Crippen LogP contribution in [0, 0.1) is 11.6 Å². The number of methoxy groups -OCH3 is 3. The lowest BCUT2D eigenvalue weighted by Crippen LogP contribution is -2.28. The van der Waals surface area contributed by atoms with Gasteiger partial charge in [-0.3, -0.25) is 0 Å². The lowest BCUT2D eigenvalue weighted by Gasteiger charge is -2.29. The van der Waals surface area contributed by atoms with Gasteiger partial charge < -0.3 is 19.1 Å². The Labute approximate surface area is 194 Å². The first-order chi connectivity index (χ1) is 15.8. The van der Waals surface area contributed by atoms with Crippen molar-refractivity contribution in [3.63, 3.8) is 0 Å². The van der Waals surface area contributed by atoms with Gasteiger partial charge in [0, 0.05) is 36.9 Å². The van der Waals surface area contributed by atoms with Gasteiger partial charge in [0.25, 0.3) is 0 Å². The highest BCUT2D eigenvalue weighted by atomic mass is 19.1. The van der Waals surface area contributed by atoms with Crippen LogP contribution in [0.3, 0.4) is 0 Å². The van der Waals surface area contributed by atoms with Gasteiger partial charge in [-0.15, -0.1) is 0 Å². The van der Waals surface area contributed by atoms with Crippen LogP contribution >= 0.6 is 0 Å². The smallest absolute Gasteiger partial charge is 0.132 e. The second kappa shape index (κ2) is 10.7. The minimum Gasteiger partial charge on any atom is -0.497 e. The fourth-order valence-corrected chi connectivity index (χ4v) is 3.96. The van der Waals surface area contributed by atoms with Crippen LogP contribution in [0.25, 0.3) is 0 Å². The molecule has 0 radical (unpaired) electrons. The Morgan fingerprint density at radius 2 is 1.15 bits per heavy atom. The van der Waals surface area contributed by atoms with Crippen molar-refractivity contribution < 1.29 is 23.0 Å². The van der Waals surface area contributed by atoms with Gasteiger partial charge in [-0.25, -0.2) is 8.78 Å². The molecular weight excluding hydrogens is 424 g/mol. The summed E-state index contributed by atoms with van der Waals surface area (Å²) in [7, 11) is 4.75. The predicted molar refractivity (Wildman–Crippen MR) is 127 cm³/mol. The molecule has 176 valence electrons. The van der Waals surface area contributed by atoms with Crippen LogP contribution in [0.5, 0.6) is 11.5 Å². The maximum atomic E-state index is 15.2. The number of nitrogens with zero attached hydrogens (tertiary/aromatic N) is 1. The fourth-order valence-electron chi connectivity index (χ4n) is 3.96. The Hall–Kier alpha value is -3.12. The number of ether oxygens (including phenoxy) is 3. The van der Waals surface area contributed by atoms with Crippen LogP contribution in [0.15, 0.2) is 60.7 Å². The van der Waals surface area contributed by atoms with Crippen LogP contribution in [-0.2, 0) is 23.2 Å². The van der Waals surface area contributed by atoms with Gasteiger partial charge in [0.15, 0.2) is 0 Å². The zero-order chi connectivity index (χ0) is 24.0. The van der Waals surface area contributed by atoms with E-state index in [-0.39, 0.29) is 12.2 Å². The van der Waals surface area contributed by atoms with Crippen molar-refractivity contribution in [2.45, 2.75) is 32.4 Å². The molecule has 0 N–H and O–H groups in total. The van der Waals surface area contributed by atoms with E-state index in [4.69, 9.17) is 14.2 Å². The Morgan fingerprint density at radius 1 is 0.727 bits per heavy atom. The van der Waals surface area contributed by atoms with Gasteiger partial charge in [0.2, 0.25) is 0 Å². The molecule has 0 amide bonds. The highest BCUT2D eigenvalue weighted by molar-refractivity contribution is 5.51. The number of hydrogen-bond donors (Lipinski definition) is 0. The van der Waals surface area contributed by atoms with Crippen molar-refractivity contribution in [3.8, 4) is 11.5 Å². The number of anilines is 1. The maximum Gasteiger partial charge on any atom is 0.132 e. The molecule has 0 atom stereocenters. The molecule has 4 nitrogen and oxygen atoms in total. The third-order valence-electron chi connectivity index (χ3n) is 5.64. The summed E-state index contributed by atoms with van der Waals surface area (Å²) in [6, 6.07) is 18.1. The van der Waals surface area contributed by atoms with Crippen molar-refractivity contribution in [1.29, 1.82) is 0 Å². The van der Waals surface area contributed by atoms with E-state index in [0.29, 0.717) is 18.8 Å². The van der Waals surface area contributed by atoms with E-state index in [2.05, 4.69) is 0 Å². The first-order valence-electron chi connectivity index (χ1n) is 10.8. The topological polar surface area (TPSA) is 30.9 Å². The molecule has 33 heavy (non-hydrogen) atoms. The summed E-state index contributed by atoms with van der Waals surface area (Å²) in [5, 5.41) is 0. The van der Waals surface area contributed by atoms with Gasteiger partial charge in [-0.1, -0.05) is 38.1 Å². The van der Waals surface area contributed by atoms with Gasteiger partial charge in [-0.05, 0) is 47.5 Å². The zero-order valence-corrected chi connectivity index (χ0v) is 19.8. The molecule has 0 saturated heterocycles. The van der Waals surface area contributed by atoms with Crippen molar-refractivity contribution in [3.05, 3.63) is 89.0 Å². The van der Waals surface area contributed by atoms with Crippen molar-refractivity contribution in [1.82, 2.24) is 0 Å². The van der Waals surface area contributed by atoms with Gasteiger partial charge in [-0.2, -0.15) is 0 Å². The molecule has 0 unspecified atom stereocenters. The zero-order valence-electron chi connectivity index (χ0n) is 19.8. The Morgan fingerprint density at radius 3 is 1.52 bits per heavy atom. The molecular formula is C27H31F2NO3. The summed E-state index contributed by atoms with van der Waals surface area (Å²) >= 11 is 0. The van der Waals surface area contributed by atoms with E-state index < -0.39 is 17.0 Å². The number of hydrogen-bond acceptors (Lipinski definition) is 4. The monoisotopic (exact) mass is 455 g/mol. The normalized spacial score (nSPS) is 11.4. The predicted octanol–water partition coefficient (Wildman–Crippen LogP) is 6.11. The Bertz CT molecular complexity index is 977. The molecule has 6 heteroatoms. The van der Waals surface area contributed by atoms with E-state index >= 15 is 8.78 Å². The molecule has 0 heterocycles. The third kappa shape index (κ3) is 6.02. The molecule has 0 aromatic heterocycles. The summed E-state index contributed by atoms with van der Waals surface area (Å²) in [4.78, 5) is 1.95. The minimum absolute atomic E-state index is 0.0296. The second-order valence-corrected chi connectivity index (χ2v) is 8.65. The van der Waals surface area contributed by atoms with E-state index in [9.17, 15) is 0 Å². The average molecular weight is 456 g/mol. The van der Waals surface area contributed by atoms with Crippen LogP contribution in [0.2, 0.25) is 0 Å². The highest BCUT2D eigenvalue weighted by Gasteiger charge is 2.29. The number of rotatable bonds is 10. The molecule has 3 aromatic carbocycles. The molecule has 0 saturated carbocycles. The molecule has 3 aromatic rings. The second-order valence-electron chi connectivity index (χ2n) is 8.65. The molecule has 0 bridgehead atoms. The quantitative estimate of drug-likeness (QED) is 0.369. The molecule has 0 aliphatic carbocycles. The Kier molecular flexibility index (Phi) is 7.92. The van der Waals surface area contributed by atoms with Crippen LogP contribution in [-0.4, -0.2) is 27.9 Å². The molecule has 0 spiro atoms. The van der Waals surface area contributed by atoms with Gasteiger partial charge in [0.1, 0.15) is 23.1 Å². The van der Waals surface area contributed by atoms with E-state index in [1.165, 1.54) is 19.2 Å². The van der Waals surface area contributed by atoms with Crippen molar-refractivity contribution >= 4 is 5.69 Å². The van der Waals surface area contributed by atoms with Crippen LogP contribution in [0.1, 0.15) is 30.5 Å². The van der Waals surface area contributed by atoms with Crippen LogP contribution in [0.4, 0.5) is 14.5 Å². The molecule has 0 aliphatic rings. The van der Waals surface area contributed by atoms with Crippen molar-refractivity contribution in [2.24, 2.45) is 0 Å². The first kappa shape index (κ1) is 24.5. The largest absolute Gasteiger partial charge is 0.497 e. The molecule has 0 aliphatic heterocycles. The average Bonchev–Trinajstić information content (AvgIpc) is 2.79. The molecule has 3 rings (SSSR count). The van der Waals surface area contributed by atoms with E-state index in [1.54, 1.807) is 28.1 Å².